The van der Waals surface area contributed by atoms with Crippen molar-refractivity contribution in [2.24, 2.45) is 0 Å². The van der Waals surface area contributed by atoms with E-state index < -0.39 is 33.6 Å². The highest BCUT2D eigenvalue weighted by atomic mass is 32.2. The Labute approximate surface area is 192 Å². The predicted octanol–water partition coefficient (Wildman–Crippen LogP) is 2.73. The number of β-amino-alcohol motifs (C(OH)–C–C–N with tert-alkyl or cyclic N) is 1. The molecule has 1 atom stereocenters. The average Bonchev–Trinajstić information content (AvgIpc) is 2.99. The number of para-hydroxylation sites is 1. The fourth-order valence-electron chi connectivity index (χ4n) is 3.84. The molecular weight excluding hydrogens is 442 g/mol. The van der Waals surface area contributed by atoms with Crippen molar-refractivity contribution in [1.82, 2.24) is 10.2 Å². The Morgan fingerprint density at radius 3 is 2.24 bits per heavy atom. The summed E-state index contributed by atoms with van der Waals surface area (Å²) in [5, 5.41) is 15.0. The van der Waals surface area contributed by atoms with Gasteiger partial charge in [-0.15, -0.1) is 0 Å². The highest BCUT2D eigenvalue weighted by Gasteiger charge is 2.45. The number of urea groups is 1. The van der Waals surface area contributed by atoms with E-state index >= 15 is 0 Å². The van der Waals surface area contributed by atoms with Crippen molar-refractivity contribution in [3.05, 3.63) is 72.8 Å². The Morgan fingerprint density at radius 1 is 0.970 bits per heavy atom. The van der Waals surface area contributed by atoms with Crippen molar-refractivity contribution < 1.29 is 23.1 Å². The summed E-state index contributed by atoms with van der Waals surface area (Å²) in [6.07, 6.45) is -1.30. The van der Waals surface area contributed by atoms with E-state index in [1.807, 2.05) is 24.3 Å². The number of nitrogens with zero attached hydrogens (tertiary/aromatic N) is 2. The van der Waals surface area contributed by atoms with Gasteiger partial charge in [0, 0.05) is 0 Å². The molecule has 3 amide bonds. The van der Waals surface area contributed by atoms with E-state index in [0.29, 0.717) is 5.69 Å². The fraction of sp³-hybridized carbons (Fsp3) is 0.250. The number of amides is 3. The molecule has 0 unspecified atom stereocenters. The van der Waals surface area contributed by atoms with E-state index in [2.05, 4.69) is 5.32 Å². The van der Waals surface area contributed by atoms with Gasteiger partial charge in [0.05, 0.1) is 29.8 Å². The van der Waals surface area contributed by atoms with Crippen LogP contribution in [0.1, 0.15) is 13.8 Å². The first-order valence-electron chi connectivity index (χ1n) is 10.5. The Hall–Kier alpha value is -3.43. The van der Waals surface area contributed by atoms with Gasteiger partial charge in [-0.2, -0.15) is 0 Å². The maximum atomic E-state index is 13.6. The molecule has 3 aromatic rings. The molecular formula is C24H25N3O5S. The zero-order chi connectivity index (χ0) is 23.8. The van der Waals surface area contributed by atoms with Crippen LogP contribution in [-0.4, -0.2) is 55.1 Å². The molecule has 3 aromatic carbocycles. The number of imide groups is 1. The summed E-state index contributed by atoms with van der Waals surface area (Å²) in [6, 6.07) is 20.1. The second kappa shape index (κ2) is 8.49. The summed E-state index contributed by atoms with van der Waals surface area (Å²) in [6.45, 7) is 2.47. The lowest BCUT2D eigenvalue weighted by atomic mass is 10.1. The minimum Gasteiger partial charge on any atom is -0.389 e. The number of carbonyl (C=O) groups excluding carboxylic acids is 2. The summed E-state index contributed by atoms with van der Waals surface area (Å²) < 4.78 is 28.4. The van der Waals surface area contributed by atoms with E-state index in [0.717, 1.165) is 20.0 Å². The molecule has 1 saturated heterocycles. The van der Waals surface area contributed by atoms with Gasteiger partial charge in [-0.25, -0.2) is 13.2 Å². The SMILES string of the molecule is CC1(C)NC(=O)N(C[C@@H](O)CN(c2ccccc2)S(=O)(=O)c2ccc3ccccc3c2)C1=O. The second-order valence-electron chi connectivity index (χ2n) is 8.51. The number of sulfonamides is 1. The average molecular weight is 468 g/mol. The molecule has 0 bridgehead atoms. The first-order chi connectivity index (χ1) is 15.6. The van der Waals surface area contributed by atoms with Crippen molar-refractivity contribution in [1.29, 1.82) is 0 Å². The first kappa shape index (κ1) is 22.8. The van der Waals surface area contributed by atoms with Crippen LogP contribution in [0.4, 0.5) is 10.5 Å². The predicted molar refractivity (Wildman–Crippen MR) is 125 cm³/mol. The summed E-state index contributed by atoms with van der Waals surface area (Å²) >= 11 is 0. The second-order valence-corrected chi connectivity index (χ2v) is 10.4. The Kier molecular flexibility index (Phi) is 5.85. The smallest absolute Gasteiger partial charge is 0.325 e. The molecule has 33 heavy (non-hydrogen) atoms. The van der Waals surface area contributed by atoms with Crippen LogP contribution in [0, 0.1) is 0 Å². The summed E-state index contributed by atoms with van der Waals surface area (Å²) in [5.74, 6) is -0.477. The fourth-order valence-corrected chi connectivity index (χ4v) is 5.37. The lowest BCUT2D eigenvalue weighted by molar-refractivity contribution is -0.131. The summed E-state index contributed by atoms with van der Waals surface area (Å²) in [7, 11) is -4.05. The topological polar surface area (TPSA) is 107 Å². The van der Waals surface area contributed by atoms with E-state index in [9.17, 15) is 23.1 Å². The van der Waals surface area contributed by atoms with Crippen molar-refractivity contribution in [3.8, 4) is 0 Å². The van der Waals surface area contributed by atoms with Crippen LogP contribution >= 0.6 is 0 Å². The van der Waals surface area contributed by atoms with Crippen LogP contribution < -0.4 is 9.62 Å². The molecule has 2 N–H and O–H groups in total. The zero-order valence-electron chi connectivity index (χ0n) is 18.3. The van der Waals surface area contributed by atoms with Gasteiger partial charge in [-0.3, -0.25) is 14.0 Å². The van der Waals surface area contributed by atoms with Crippen LogP contribution in [0.5, 0.6) is 0 Å². The number of benzene rings is 3. The van der Waals surface area contributed by atoms with Gasteiger partial charge >= 0.3 is 6.03 Å². The monoisotopic (exact) mass is 467 g/mol. The van der Waals surface area contributed by atoms with Crippen LogP contribution in [0.3, 0.4) is 0 Å². The lowest BCUT2D eigenvalue weighted by Gasteiger charge is -2.28. The largest absolute Gasteiger partial charge is 0.389 e. The molecule has 1 heterocycles. The number of hydrogen-bond donors (Lipinski definition) is 2. The van der Waals surface area contributed by atoms with Gasteiger partial charge in [0.2, 0.25) is 0 Å². The van der Waals surface area contributed by atoms with E-state index in [4.69, 9.17) is 0 Å². The molecule has 8 nitrogen and oxygen atoms in total. The minimum absolute atomic E-state index is 0.0772. The number of carbonyl (C=O) groups is 2. The molecule has 4 rings (SSSR count). The Balaban J connectivity index is 1.65. The minimum atomic E-state index is -4.05. The van der Waals surface area contributed by atoms with Crippen LogP contribution in [0.2, 0.25) is 0 Å². The molecule has 172 valence electrons. The number of aliphatic hydroxyl groups excluding tert-OH is 1. The zero-order valence-corrected chi connectivity index (χ0v) is 19.1. The normalized spacial score (nSPS) is 16.6. The van der Waals surface area contributed by atoms with Gasteiger partial charge in [-0.05, 0) is 48.9 Å². The van der Waals surface area contributed by atoms with Gasteiger partial charge < -0.3 is 10.4 Å². The van der Waals surface area contributed by atoms with E-state index in [1.165, 1.54) is 6.07 Å². The van der Waals surface area contributed by atoms with Crippen LogP contribution in [0.25, 0.3) is 10.8 Å². The maximum absolute atomic E-state index is 13.6. The van der Waals surface area contributed by atoms with Gasteiger partial charge in [-0.1, -0.05) is 48.5 Å². The van der Waals surface area contributed by atoms with Gasteiger partial charge in [0.15, 0.2) is 0 Å². The van der Waals surface area contributed by atoms with Crippen molar-refractivity contribution in [2.75, 3.05) is 17.4 Å². The highest BCUT2D eigenvalue weighted by Crippen LogP contribution is 2.27. The van der Waals surface area contributed by atoms with Crippen LogP contribution in [0.15, 0.2) is 77.7 Å². The van der Waals surface area contributed by atoms with Gasteiger partial charge in [0.1, 0.15) is 5.54 Å². The van der Waals surface area contributed by atoms with Gasteiger partial charge in [0.25, 0.3) is 15.9 Å². The van der Waals surface area contributed by atoms with E-state index in [1.54, 1.807) is 56.3 Å². The number of hydrogen-bond acceptors (Lipinski definition) is 5. The standard InChI is InChI=1S/C24H25N3O5S/c1-24(2)22(29)26(23(30)25-24)15-20(28)16-27(19-10-4-3-5-11-19)33(31,32)21-13-12-17-8-6-7-9-18(17)14-21/h3-14,20,28H,15-16H2,1-2H3,(H,25,30)/t20-/m1/s1. The Morgan fingerprint density at radius 2 is 1.61 bits per heavy atom. The third-order valence-electron chi connectivity index (χ3n) is 5.57. The Bertz CT molecular complexity index is 1310. The number of aliphatic hydroxyl groups is 1. The summed E-state index contributed by atoms with van der Waals surface area (Å²) in [4.78, 5) is 25.6. The highest BCUT2D eigenvalue weighted by molar-refractivity contribution is 7.92. The third kappa shape index (κ3) is 4.42. The molecule has 1 aliphatic heterocycles. The molecule has 0 spiro atoms. The molecule has 0 radical (unpaired) electrons. The molecule has 9 heteroatoms. The molecule has 0 aromatic heterocycles. The summed E-state index contributed by atoms with van der Waals surface area (Å²) in [5.41, 5.74) is -0.713. The molecule has 1 aliphatic rings. The number of fused-ring (bicyclic) bond motifs is 1. The van der Waals surface area contributed by atoms with Crippen molar-refractivity contribution >= 4 is 38.4 Å². The lowest BCUT2D eigenvalue weighted by Crippen LogP contribution is -2.45. The maximum Gasteiger partial charge on any atom is 0.325 e. The molecule has 1 fully saturated rings. The first-order valence-corrected chi connectivity index (χ1v) is 11.9. The third-order valence-corrected chi connectivity index (χ3v) is 7.36. The number of nitrogens with one attached hydrogen (secondary N) is 1. The quantitative estimate of drug-likeness (QED) is 0.520. The van der Waals surface area contributed by atoms with Crippen molar-refractivity contribution in [2.45, 2.75) is 30.4 Å². The number of rotatable bonds is 7. The van der Waals surface area contributed by atoms with Crippen molar-refractivity contribution in [3.63, 3.8) is 0 Å². The molecule has 0 saturated carbocycles. The van der Waals surface area contributed by atoms with E-state index in [-0.39, 0.29) is 18.0 Å². The molecule has 0 aliphatic carbocycles. The van der Waals surface area contributed by atoms with Crippen LogP contribution in [-0.2, 0) is 14.8 Å². The number of anilines is 1.